The summed E-state index contributed by atoms with van der Waals surface area (Å²) in [6.45, 7) is 0. The van der Waals surface area contributed by atoms with Crippen LogP contribution in [-0.2, 0) is 11.2 Å². The number of ether oxygens (including phenoxy) is 1. The average Bonchev–Trinajstić information content (AvgIpc) is 2.44. The van der Waals surface area contributed by atoms with Crippen LogP contribution in [0.4, 0.5) is 0 Å². The van der Waals surface area contributed by atoms with Gasteiger partial charge in [-0.15, -0.1) is 0 Å². The minimum atomic E-state index is -0.146. The first kappa shape index (κ1) is 10.4. The third-order valence-electron chi connectivity index (χ3n) is 1.76. The molecule has 68 valence electrons. The first-order valence-corrected chi connectivity index (χ1v) is 6.70. The van der Waals surface area contributed by atoms with E-state index in [1.807, 2.05) is 6.07 Å². The SMILES string of the molecule is O=C1Cc2c(I)c(I)cc(I)c2O1. The lowest BCUT2D eigenvalue weighted by atomic mass is 10.2. The van der Waals surface area contributed by atoms with Crippen LogP contribution in [-0.4, -0.2) is 5.97 Å². The average molecular weight is 512 g/mol. The van der Waals surface area contributed by atoms with Crippen LogP contribution in [0.15, 0.2) is 6.07 Å². The Hall–Kier alpha value is 0.880. The van der Waals surface area contributed by atoms with Crippen molar-refractivity contribution in [1.29, 1.82) is 0 Å². The molecular formula is C8H3I3O2. The normalized spacial score (nSPS) is 14.2. The van der Waals surface area contributed by atoms with Crippen molar-refractivity contribution in [3.8, 4) is 5.75 Å². The molecule has 0 amide bonds. The van der Waals surface area contributed by atoms with E-state index in [2.05, 4.69) is 67.8 Å². The van der Waals surface area contributed by atoms with Gasteiger partial charge in [0.25, 0.3) is 0 Å². The van der Waals surface area contributed by atoms with Crippen LogP contribution in [0.3, 0.4) is 0 Å². The minimum Gasteiger partial charge on any atom is -0.425 e. The molecule has 1 aliphatic heterocycles. The molecule has 0 aliphatic carbocycles. The Morgan fingerprint density at radius 3 is 2.62 bits per heavy atom. The molecule has 1 aromatic carbocycles. The molecule has 0 unspecified atom stereocenters. The Morgan fingerprint density at radius 2 is 1.92 bits per heavy atom. The zero-order chi connectivity index (χ0) is 9.59. The summed E-state index contributed by atoms with van der Waals surface area (Å²) in [5.41, 5.74) is 1.04. The van der Waals surface area contributed by atoms with Gasteiger partial charge in [-0.25, -0.2) is 0 Å². The molecule has 0 aromatic heterocycles. The van der Waals surface area contributed by atoms with Gasteiger partial charge in [0, 0.05) is 12.7 Å². The molecule has 0 bridgehead atoms. The smallest absolute Gasteiger partial charge is 0.315 e. The number of carbonyl (C=O) groups is 1. The number of carbonyl (C=O) groups excluding carboxylic acids is 1. The highest BCUT2D eigenvalue weighted by Crippen LogP contribution is 2.37. The van der Waals surface area contributed by atoms with Crippen LogP contribution < -0.4 is 4.74 Å². The monoisotopic (exact) mass is 512 g/mol. The summed E-state index contributed by atoms with van der Waals surface area (Å²) in [7, 11) is 0. The lowest BCUT2D eigenvalue weighted by molar-refractivity contribution is -0.131. The van der Waals surface area contributed by atoms with Crippen molar-refractivity contribution in [2.24, 2.45) is 0 Å². The van der Waals surface area contributed by atoms with Crippen LogP contribution in [0.25, 0.3) is 0 Å². The zero-order valence-corrected chi connectivity index (χ0v) is 12.7. The predicted octanol–water partition coefficient (Wildman–Crippen LogP) is 2.96. The second-order valence-electron chi connectivity index (χ2n) is 2.61. The first-order chi connectivity index (χ1) is 6.09. The Morgan fingerprint density at radius 1 is 1.23 bits per heavy atom. The largest absolute Gasteiger partial charge is 0.425 e. The first-order valence-electron chi connectivity index (χ1n) is 3.46. The van der Waals surface area contributed by atoms with Crippen molar-refractivity contribution in [1.82, 2.24) is 0 Å². The van der Waals surface area contributed by atoms with E-state index in [0.717, 1.165) is 18.5 Å². The van der Waals surface area contributed by atoms with Gasteiger partial charge < -0.3 is 4.74 Å². The van der Waals surface area contributed by atoms with E-state index in [0.29, 0.717) is 6.42 Å². The van der Waals surface area contributed by atoms with Gasteiger partial charge in [-0.1, -0.05) is 0 Å². The Kier molecular flexibility index (Phi) is 3.04. The Labute approximate surface area is 116 Å². The van der Waals surface area contributed by atoms with Gasteiger partial charge >= 0.3 is 5.97 Å². The van der Waals surface area contributed by atoms with Crippen LogP contribution in [0.1, 0.15) is 5.56 Å². The summed E-state index contributed by atoms with van der Waals surface area (Å²) in [5.74, 6) is 0.614. The summed E-state index contributed by atoms with van der Waals surface area (Å²) in [5, 5.41) is 0. The van der Waals surface area contributed by atoms with E-state index >= 15 is 0 Å². The van der Waals surface area contributed by atoms with Gasteiger partial charge in [0.05, 0.1) is 9.99 Å². The van der Waals surface area contributed by atoms with Gasteiger partial charge in [0.1, 0.15) is 5.75 Å². The van der Waals surface area contributed by atoms with Crippen molar-refractivity contribution in [3.63, 3.8) is 0 Å². The number of esters is 1. The van der Waals surface area contributed by atoms with Gasteiger partial charge in [-0.05, 0) is 73.8 Å². The molecule has 0 saturated carbocycles. The topological polar surface area (TPSA) is 26.3 Å². The fourth-order valence-electron chi connectivity index (χ4n) is 1.19. The summed E-state index contributed by atoms with van der Waals surface area (Å²) >= 11 is 6.72. The lowest BCUT2D eigenvalue weighted by Gasteiger charge is -2.04. The highest BCUT2D eigenvalue weighted by Gasteiger charge is 2.26. The van der Waals surface area contributed by atoms with Crippen molar-refractivity contribution in [2.45, 2.75) is 6.42 Å². The predicted molar refractivity (Wildman–Crippen MR) is 73.9 cm³/mol. The molecule has 0 saturated heterocycles. The van der Waals surface area contributed by atoms with E-state index < -0.39 is 0 Å². The molecule has 2 rings (SSSR count). The number of fused-ring (bicyclic) bond motifs is 1. The van der Waals surface area contributed by atoms with E-state index in [4.69, 9.17) is 4.74 Å². The highest BCUT2D eigenvalue weighted by molar-refractivity contribution is 14.1. The molecule has 0 fully saturated rings. The van der Waals surface area contributed by atoms with Gasteiger partial charge in [0.15, 0.2) is 0 Å². The Balaban J connectivity index is 2.69. The number of hydrogen-bond donors (Lipinski definition) is 0. The van der Waals surface area contributed by atoms with Crippen LogP contribution in [0, 0.1) is 10.7 Å². The molecule has 0 radical (unpaired) electrons. The maximum absolute atomic E-state index is 11.1. The summed E-state index contributed by atoms with van der Waals surface area (Å²) < 4.78 is 8.45. The standard InChI is InChI=1S/C8H3I3O2/c9-4-2-5(10)8-3(7(4)11)1-6(12)13-8/h2H,1H2. The van der Waals surface area contributed by atoms with Crippen LogP contribution in [0.2, 0.25) is 0 Å². The minimum absolute atomic E-state index is 0.146. The fourth-order valence-corrected chi connectivity index (χ4v) is 3.76. The number of benzene rings is 1. The molecule has 1 heterocycles. The van der Waals surface area contributed by atoms with Gasteiger partial charge in [0.2, 0.25) is 0 Å². The molecule has 0 atom stereocenters. The molecule has 0 N–H and O–H groups in total. The van der Waals surface area contributed by atoms with Gasteiger partial charge in [-0.3, -0.25) is 4.79 Å². The molecule has 2 nitrogen and oxygen atoms in total. The second-order valence-corrected chi connectivity index (χ2v) is 6.02. The molecular weight excluding hydrogens is 509 g/mol. The van der Waals surface area contributed by atoms with E-state index in [1.165, 1.54) is 3.57 Å². The molecule has 5 heteroatoms. The van der Waals surface area contributed by atoms with Crippen molar-refractivity contribution in [2.75, 3.05) is 0 Å². The van der Waals surface area contributed by atoms with Crippen molar-refractivity contribution < 1.29 is 9.53 Å². The number of halogens is 3. The third kappa shape index (κ3) is 1.83. The zero-order valence-electron chi connectivity index (χ0n) is 6.23. The van der Waals surface area contributed by atoms with Gasteiger partial charge in [-0.2, -0.15) is 0 Å². The summed E-state index contributed by atoms with van der Waals surface area (Å²) in [6.07, 6.45) is 0.417. The van der Waals surface area contributed by atoms with Crippen molar-refractivity contribution >= 4 is 73.7 Å². The number of rotatable bonds is 0. The quantitative estimate of drug-likeness (QED) is 0.232. The van der Waals surface area contributed by atoms with Crippen LogP contribution in [0.5, 0.6) is 5.75 Å². The Bertz CT molecular complexity index is 401. The maximum Gasteiger partial charge on any atom is 0.315 e. The third-order valence-corrected chi connectivity index (χ3v) is 5.67. The number of hydrogen-bond acceptors (Lipinski definition) is 2. The molecule has 1 aliphatic rings. The summed E-state index contributed by atoms with van der Waals surface area (Å²) in [4.78, 5) is 11.1. The second kappa shape index (κ2) is 3.80. The van der Waals surface area contributed by atoms with E-state index in [1.54, 1.807) is 0 Å². The van der Waals surface area contributed by atoms with E-state index in [-0.39, 0.29) is 5.97 Å². The van der Waals surface area contributed by atoms with Crippen LogP contribution >= 0.6 is 67.8 Å². The summed E-state index contributed by atoms with van der Waals surface area (Å²) in [6, 6.07) is 2.03. The molecule has 1 aromatic rings. The lowest BCUT2D eigenvalue weighted by Crippen LogP contribution is -2.00. The molecule has 13 heavy (non-hydrogen) atoms. The van der Waals surface area contributed by atoms with E-state index in [9.17, 15) is 4.79 Å². The molecule has 0 spiro atoms. The highest BCUT2D eigenvalue weighted by atomic mass is 127. The maximum atomic E-state index is 11.1. The fraction of sp³-hybridized carbons (Fsp3) is 0.125. The van der Waals surface area contributed by atoms with Crippen molar-refractivity contribution in [3.05, 3.63) is 22.3 Å².